The maximum absolute atomic E-state index is 11.7. The zero-order chi connectivity index (χ0) is 14.3. The van der Waals surface area contributed by atoms with Crippen LogP contribution in [0.25, 0.3) is 0 Å². The van der Waals surface area contributed by atoms with E-state index in [0.29, 0.717) is 11.3 Å². The molecular weight excluding hydrogens is 242 g/mol. The Labute approximate surface area is 113 Å². The number of nitrogens with one attached hydrogen (secondary N) is 1. The molecule has 1 atom stereocenters. The van der Waals surface area contributed by atoms with Crippen LogP contribution >= 0.6 is 0 Å². The van der Waals surface area contributed by atoms with Gasteiger partial charge in [0.05, 0.1) is 5.56 Å². The fourth-order valence-electron chi connectivity index (χ4n) is 1.74. The number of para-hydroxylation sites is 1. The minimum absolute atomic E-state index is 0.0531. The number of hydrogen-bond acceptors (Lipinski definition) is 4. The molecule has 0 heterocycles. The first-order valence-electron chi connectivity index (χ1n) is 6.09. The topological polar surface area (TPSA) is 65.4 Å². The standard InChI is InChI=1S/C14H19N3O2/c1-11(9-17(2)3)16-14(18)10-19-13-7-5-4-6-12(13)8-15/h4-7,11H,9-10H2,1-3H3,(H,16,18). The van der Waals surface area contributed by atoms with Crippen LogP contribution in [-0.2, 0) is 4.79 Å². The summed E-state index contributed by atoms with van der Waals surface area (Å²) in [6.07, 6.45) is 0. The van der Waals surface area contributed by atoms with Crippen LogP contribution in [-0.4, -0.2) is 44.1 Å². The van der Waals surface area contributed by atoms with Gasteiger partial charge in [0, 0.05) is 12.6 Å². The smallest absolute Gasteiger partial charge is 0.258 e. The Kier molecular flexibility index (Phi) is 5.83. The molecule has 0 spiro atoms. The second-order valence-electron chi connectivity index (χ2n) is 4.63. The van der Waals surface area contributed by atoms with E-state index in [0.717, 1.165) is 6.54 Å². The number of benzene rings is 1. The Morgan fingerprint density at radius 3 is 2.79 bits per heavy atom. The largest absolute Gasteiger partial charge is 0.482 e. The van der Waals surface area contributed by atoms with Crippen LogP contribution < -0.4 is 10.1 Å². The van der Waals surface area contributed by atoms with E-state index in [1.165, 1.54) is 0 Å². The van der Waals surface area contributed by atoms with Gasteiger partial charge in [0.2, 0.25) is 0 Å². The molecule has 0 aromatic heterocycles. The van der Waals surface area contributed by atoms with Gasteiger partial charge >= 0.3 is 0 Å². The molecule has 5 nitrogen and oxygen atoms in total. The van der Waals surface area contributed by atoms with E-state index < -0.39 is 0 Å². The lowest BCUT2D eigenvalue weighted by molar-refractivity contribution is -0.123. The van der Waals surface area contributed by atoms with Crippen molar-refractivity contribution in [3.05, 3.63) is 29.8 Å². The third-order valence-electron chi connectivity index (χ3n) is 2.41. The molecule has 0 radical (unpaired) electrons. The molecule has 5 heteroatoms. The van der Waals surface area contributed by atoms with Gasteiger partial charge in [-0.05, 0) is 33.2 Å². The number of hydrogen-bond donors (Lipinski definition) is 1. The zero-order valence-corrected chi connectivity index (χ0v) is 11.5. The van der Waals surface area contributed by atoms with Gasteiger partial charge in [-0.25, -0.2) is 0 Å². The summed E-state index contributed by atoms with van der Waals surface area (Å²) in [5.74, 6) is 0.238. The van der Waals surface area contributed by atoms with Crippen molar-refractivity contribution in [3.63, 3.8) is 0 Å². The zero-order valence-electron chi connectivity index (χ0n) is 11.5. The van der Waals surface area contributed by atoms with Gasteiger partial charge in [-0.2, -0.15) is 5.26 Å². The predicted octanol–water partition coefficient (Wildman–Crippen LogP) is 1.00. The molecule has 0 saturated heterocycles. The number of amides is 1. The van der Waals surface area contributed by atoms with Gasteiger partial charge in [0.15, 0.2) is 6.61 Å². The van der Waals surface area contributed by atoms with Gasteiger partial charge in [0.25, 0.3) is 5.91 Å². The third kappa shape index (κ3) is 5.40. The van der Waals surface area contributed by atoms with E-state index >= 15 is 0 Å². The van der Waals surface area contributed by atoms with E-state index in [2.05, 4.69) is 5.32 Å². The first-order valence-corrected chi connectivity index (χ1v) is 6.09. The summed E-state index contributed by atoms with van der Waals surface area (Å²) in [6.45, 7) is 2.61. The summed E-state index contributed by atoms with van der Waals surface area (Å²) >= 11 is 0. The molecule has 1 aromatic rings. The average Bonchev–Trinajstić information content (AvgIpc) is 2.35. The van der Waals surface area contributed by atoms with Crippen molar-refractivity contribution in [2.75, 3.05) is 27.2 Å². The summed E-state index contributed by atoms with van der Waals surface area (Å²) in [4.78, 5) is 13.7. The Balaban J connectivity index is 2.44. The molecule has 1 N–H and O–H groups in total. The van der Waals surface area contributed by atoms with Crippen LogP contribution in [0.4, 0.5) is 0 Å². The number of carbonyl (C=O) groups excluding carboxylic acids is 1. The Morgan fingerprint density at radius 2 is 2.16 bits per heavy atom. The van der Waals surface area contributed by atoms with E-state index in [-0.39, 0.29) is 18.6 Å². The number of rotatable bonds is 6. The van der Waals surface area contributed by atoms with Crippen LogP contribution in [0.15, 0.2) is 24.3 Å². The molecule has 0 aliphatic heterocycles. The number of likely N-dealkylation sites (N-methyl/N-ethyl adjacent to an activating group) is 1. The monoisotopic (exact) mass is 261 g/mol. The fraction of sp³-hybridized carbons (Fsp3) is 0.429. The van der Waals surface area contributed by atoms with Gasteiger partial charge in [-0.15, -0.1) is 0 Å². The maximum atomic E-state index is 11.7. The summed E-state index contributed by atoms with van der Waals surface area (Å²) in [5, 5.41) is 11.7. The maximum Gasteiger partial charge on any atom is 0.258 e. The number of carbonyl (C=O) groups is 1. The minimum atomic E-state index is -0.193. The van der Waals surface area contributed by atoms with Crippen LogP contribution in [0, 0.1) is 11.3 Å². The van der Waals surface area contributed by atoms with Crippen molar-refractivity contribution in [2.45, 2.75) is 13.0 Å². The molecule has 102 valence electrons. The van der Waals surface area contributed by atoms with Crippen molar-refractivity contribution >= 4 is 5.91 Å². The minimum Gasteiger partial charge on any atom is -0.482 e. The molecule has 1 rings (SSSR count). The lowest BCUT2D eigenvalue weighted by Gasteiger charge is -2.18. The molecule has 0 bridgehead atoms. The van der Waals surface area contributed by atoms with Gasteiger partial charge in [-0.3, -0.25) is 4.79 Å². The first kappa shape index (κ1) is 15.0. The molecular formula is C14H19N3O2. The van der Waals surface area contributed by atoms with Gasteiger partial charge < -0.3 is 15.0 Å². The lowest BCUT2D eigenvalue weighted by atomic mass is 10.2. The highest BCUT2D eigenvalue weighted by atomic mass is 16.5. The van der Waals surface area contributed by atoms with Crippen molar-refractivity contribution in [2.24, 2.45) is 0 Å². The predicted molar refractivity (Wildman–Crippen MR) is 72.8 cm³/mol. The SMILES string of the molecule is CC(CN(C)C)NC(=O)COc1ccccc1C#N. The Morgan fingerprint density at radius 1 is 1.47 bits per heavy atom. The quantitative estimate of drug-likeness (QED) is 0.829. The molecule has 0 fully saturated rings. The first-order chi connectivity index (χ1) is 9.02. The summed E-state index contributed by atoms with van der Waals surface area (Å²) in [6, 6.07) is 8.93. The van der Waals surface area contributed by atoms with Crippen molar-refractivity contribution in [1.82, 2.24) is 10.2 Å². The molecule has 0 aliphatic rings. The lowest BCUT2D eigenvalue weighted by Crippen LogP contribution is -2.41. The van der Waals surface area contributed by atoms with E-state index in [4.69, 9.17) is 10.00 Å². The molecule has 0 saturated carbocycles. The number of nitrogens with zero attached hydrogens (tertiary/aromatic N) is 2. The van der Waals surface area contributed by atoms with E-state index in [1.54, 1.807) is 24.3 Å². The fourth-order valence-corrected chi connectivity index (χ4v) is 1.74. The molecule has 1 amide bonds. The third-order valence-corrected chi connectivity index (χ3v) is 2.41. The number of ether oxygens (including phenoxy) is 1. The Bertz CT molecular complexity index is 466. The van der Waals surface area contributed by atoms with Gasteiger partial charge in [-0.1, -0.05) is 12.1 Å². The Hall–Kier alpha value is -2.06. The highest BCUT2D eigenvalue weighted by Gasteiger charge is 2.10. The number of nitriles is 1. The summed E-state index contributed by atoms with van der Waals surface area (Å²) in [7, 11) is 3.89. The highest BCUT2D eigenvalue weighted by Crippen LogP contribution is 2.16. The van der Waals surface area contributed by atoms with E-state index in [9.17, 15) is 4.79 Å². The summed E-state index contributed by atoms with van der Waals surface area (Å²) < 4.78 is 5.35. The van der Waals surface area contributed by atoms with Crippen LogP contribution in [0.5, 0.6) is 5.75 Å². The van der Waals surface area contributed by atoms with Gasteiger partial charge in [0.1, 0.15) is 11.8 Å². The van der Waals surface area contributed by atoms with Crippen LogP contribution in [0.2, 0.25) is 0 Å². The van der Waals surface area contributed by atoms with Crippen LogP contribution in [0.1, 0.15) is 12.5 Å². The molecule has 1 unspecified atom stereocenters. The van der Waals surface area contributed by atoms with Crippen molar-refractivity contribution in [1.29, 1.82) is 5.26 Å². The average molecular weight is 261 g/mol. The highest BCUT2D eigenvalue weighted by molar-refractivity contribution is 5.77. The molecule has 1 aromatic carbocycles. The van der Waals surface area contributed by atoms with Crippen LogP contribution in [0.3, 0.4) is 0 Å². The second kappa shape index (κ2) is 7.39. The normalized spacial score (nSPS) is 11.7. The van der Waals surface area contributed by atoms with E-state index in [1.807, 2.05) is 32.0 Å². The summed E-state index contributed by atoms with van der Waals surface area (Å²) in [5.41, 5.74) is 0.427. The van der Waals surface area contributed by atoms with Crippen molar-refractivity contribution in [3.8, 4) is 11.8 Å². The molecule has 0 aliphatic carbocycles. The second-order valence-corrected chi connectivity index (χ2v) is 4.63. The molecule has 19 heavy (non-hydrogen) atoms. The van der Waals surface area contributed by atoms with Crippen molar-refractivity contribution < 1.29 is 9.53 Å².